The molecule has 4 nitrogen and oxygen atoms in total. The molecule has 1 aromatic heterocycles. The Morgan fingerprint density at radius 1 is 1.19 bits per heavy atom. The molecule has 0 unspecified atom stereocenters. The van der Waals surface area contributed by atoms with Gasteiger partial charge >= 0.3 is 0 Å². The Labute approximate surface area is 122 Å². The van der Waals surface area contributed by atoms with Crippen LogP contribution in [0, 0.1) is 0 Å². The van der Waals surface area contributed by atoms with Crippen LogP contribution < -0.4 is 10.5 Å². The fourth-order valence-electron chi connectivity index (χ4n) is 2.51. The average molecular weight is 280 g/mol. The molecule has 1 heterocycles. The van der Waals surface area contributed by atoms with Crippen molar-refractivity contribution in [2.24, 2.45) is 5.73 Å². The van der Waals surface area contributed by atoms with Crippen LogP contribution in [0.5, 0.6) is 11.6 Å². The van der Waals surface area contributed by atoms with E-state index in [4.69, 9.17) is 10.5 Å². The molecule has 3 N–H and O–H groups in total. The molecule has 0 atom stereocenters. The standard InChI is InChI=1S/C17H16N2O2/c1-21-17-13-6-3-7-15(20)16(13)14(10-19-17)12-5-2-4-11(8-12)9-18/h2-8,10,20H,9,18H2,1H3. The second-order valence-corrected chi connectivity index (χ2v) is 4.79. The van der Waals surface area contributed by atoms with Crippen molar-refractivity contribution in [1.29, 1.82) is 0 Å². The number of hydrogen-bond donors (Lipinski definition) is 2. The number of nitrogens with zero attached hydrogens (tertiary/aromatic N) is 1. The van der Waals surface area contributed by atoms with Crippen molar-refractivity contribution < 1.29 is 9.84 Å². The van der Waals surface area contributed by atoms with Crippen molar-refractivity contribution >= 4 is 10.8 Å². The molecule has 3 aromatic rings. The summed E-state index contributed by atoms with van der Waals surface area (Å²) < 4.78 is 5.28. The smallest absolute Gasteiger partial charge is 0.221 e. The first-order valence-electron chi connectivity index (χ1n) is 6.68. The van der Waals surface area contributed by atoms with Crippen molar-refractivity contribution in [2.75, 3.05) is 7.11 Å². The zero-order chi connectivity index (χ0) is 14.8. The number of pyridine rings is 1. The van der Waals surface area contributed by atoms with E-state index in [1.807, 2.05) is 30.3 Å². The minimum absolute atomic E-state index is 0.210. The molecule has 106 valence electrons. The molecule has 0 saturated carbocycles. The van der Waals surface area contributed by atoms with Crippen LogP contribution in [0.4, 0.5) is 0 Å². The van der Waals surface area contributed by atoms with Crippen molar-refractivity contribution in [1.82, 2.24) is 4.98 Å². The zero-order valence-electron chi connectivity index (χ0n) is 11.7. The Hall–Kier alpha value is -2.59. The van der Waals surface area contributed by atoms with Crippen LogP contribution in [-0.2, 0) is 6.54 Å². The van der Waals surface area contributed by atoms with Gasteiger partial charge in [-0.1, -0.05) is 24.3 Å². The summed E-state index contributed by atoms with van der Waals surface area (Å²) in [6.07, 6.45) is 1.72. The number of phenols is 1. The Balaban J connectivity index is 2.32. The largest absolute Gasteiger partial charge is 0.507 e. The fourth-order valence-corrected chi connectivity index (χ4v) is 2.51. The SMILES string of the molecule is COc1ncc(-c2cccc(CN)c2)c2c(O)cccc12. The van der Waals surface area contributed by atoms with Gasteiger partial charge in [0, 0.05) is 29.1 Å². The maximum Gasteiger partial charge on any atom is 0.221 e. The quantitative estimate of drug-likeness (QED) is 0.773. The average Bonchev–Trinajstić information content (AvgIpc) is 2.54. The minimum atomic E-state index is 0.210. The maximum atomic E-state index is 10.3. The monoisotopic (exact) mass is 280 g/mol. The molecule has 0 spiro atoms. The van der Waals surface area contributed by atoms with Gasteiger partial charge in [0.1, 0.15) is 5.75 Å². The van der Waals surface area contributed by atoms with Gasteiger partial charge in [-0.3, -0.25) is 0 Å². The lowest BCUT2D eigenvalue weighted by Crippen LogP contribution is -1.96. The van der Waals surface area contributed by atoms with E-state index in [0.717, 1.165) is 27.5 Å². The molecular weight excluding hydrogens is 264 g/mol. The highest BCUT2D eigenvalue weighted by molar-refractivity contribution is 6.02. The van der Waals surface area contributed by atoms with E-state index in [-0.39, 0.29) is 5.75 Å². The summed E-state index contributed by atoms with van der Waals surface area (Å²) in [4.78, 5) is 4.33. The number of ether oxygens (including phenoxy) is 1. The molecule has 0 bridgehead atoms. The van der Waals surface area contributed by atoms with Crippen molar-refractivity contribution in [3.63, 3.8) is 0 Å². The van der Waals surface area contributed by atoms with E-state index < -0.39 is 0 Å². The van der Waals surface area contributed by atoms with E-state index in [1.54, 1.807) is 25.4 Å². The van der Waals surface area contributed by atoms with Gasteiger partial charge in [-0.05, 0) is 29.3 Å². The van der Waals surface area contributed by atoms with E-state index in [2.05, 4.69) is 4.98 Å². The molecule has 3 rings (SSSR count). The first-order valence-corrected chi connectivity index (χ1v) is 6.68. The molecule has 0 radical (unpaired) electrons. The van der Waals surface area contributed by atoms with Gasteiger partial charge < -0.3 is 15.6 Å². The summed E-state index contributed by atoms with van der Waals surface area (Å²) in [6.45, 7) is 0.474. The van der Waals surface area contributed by atoms with E-state index in [9.17, 15) is 5.11 Å². The number of methoxy groups -OCH3 is 1. The molecule has 0 fully saturated rings. The van der Waals surface area contributed by atoms with Crippen LogP contribution in [-0.4, -0.2) is 17.2 Å². The van der Waals surface area contributed by atoms with Gasteiger partial charge in [0.15, 0.2) is 0 Å². The van der Waals surface area contributed by atoms with Crippen LogP contribution in [0.15, 0.2) is 48.7 Å². The Kier molecular flexibility index (Phi) is 3.46. The lowest BCUT2D eigenvalue weighted by atomic mass is 9.98. The third-order valence-corrected chi connectivity index (χ3v) is 3.52. The van der Waals surface area contributed by atoms with Crippen LogP contribution >= 0.6 is 0 Å². The highest BCUT2D eigenvalue weighted by Gasteiger charge is 2.13. The first kappa shape index (κ1) is 13.4. The third-order valence-electron chi connectivity index (χ3n) is 3.52. The second kappa shape index (κ2) is 5.42. The number of fused-ring (bicyclic) bond motifs is 1. The van der Waals surface area contributed by atoms with Gasteiger partial charge in [0.25, 0.3) is 0 Å². The normalized spacial score (nSPS) is 10.8. The molecule has 0 aliphatic rings. The molecule has 4 heteroatoms. The number of nitrogens with two attached hydrogens (primary N) is 1. The van der Waals surface area contributed by atoms with Gasteiger partial charge in [-0.2, -0.15) is 0 Å². The highest BCUT2D eigenvalue weighted by atomic mass is 16.5. The Morgan fingerprint density at radius 3 is 2.76 bits per heavy atom. The van der Waals surface area contributed by atoms with Gasteiger partial charge in [-0.15, -0.1) is 0 Å². The van der Waals surface area contributed by atoms with E-state index in [0.29, 0.717) is 12.4 Å². The first-order chi connectivity index (χ1) is 10.2. The van der Waals surface area contributed by atoms with Crippen LogP contribution in [0.3, 0.4) is 0 Å². The molecule has 2 aromatic carbocycles. The Morgan fingerprint density at radius 2 is 2.00 bits per heavy atom. The topological polar surface area (TPSA) is 68.4 Å². The number of aromatic nitrogens is 1. The van der Waals surface area contributed by atoms with Crippen molar-refractivity contribution in [3.8, 4) is 22.8 Å². The summed E-state index contributed by atoms with van der Waals surface area (Å²) >= 11 is 0. The summed E-state index contributed by atoms with van der Waals surface area (Å²) in [5.41, 5.74) is 8.57. The highest BCUT2D eigenvalue weighted by Crippen LogP contribution is 2.37. The summed E-state index contributed by atoms with van der Waals surface area (Å²) in [7, 11) is 1.57. The summed E-state index contributed by atoms with van der Waals surface area (Å²) in [6, 6.07) is 13.2. The van der Waals surface area contributed by atoms with Crippen molar-refractivity contribution in [2.45, 2.75) is 6.54 Å². The van der Waals surface area contributed by atoms with E-state index in [1.165, 1.54) is 0 Å². The number of hydrogen-bond acceptors (Lipinski definition) is 4. The number of aromatic hydroxyl groups is 1. The molecule has 0 aliphatic heterocycles. The minimum Gasteiger partial charge on any atom is -0.507 e. The number of rotatable bonds is 3. The van der Waals surface area contributed by atoms with Gasteiger partial charge in [0.05, 0.1) is 7.11 Å². The van der Waals surface area contributed by atoms with Crippen LogP contribution in [0.25, 0.3) is 21.9 Å². The summed E-state index contributed by atoms with van der Waals surface area (Å²) in [5, 5.41) is 11.8. The predicted octanol–water partition coefficient (Wildman–Crippen LogP) is 3.07. The third kappa shape index (κ3) is 2.30. The Bertz CT molecular complexity index is 800. The molecule has 0 aliphatic carbocycles. The van der Waals surface area contributed by atoms with Crippen LogP contribution in [0.2, 0.25) is 0 Å². The van der Waals surface area contributed by atoms with Gasteiger partial charge in [-0.25, -0.2) is 4.98 Å². The molecule has 0 amide bonds. The van der Waals surface area contributed by atoms with Crippen LogP contribution in [0.1, 0.15) is 5.56 Å². The predicted molar refractivity (Wildman–Crippen MR) is 83.3 cm³/mol. The fraction of sp³-hybridized carbons (Fsp3) is 0.118. The molecular formula is C17H16N2O2. The number of phenolic OH excluding ortho intramolecular Hbond substituents is 1. The summed E-state index contributed by atoms with van der Waals surface area (Å²) in [5.74, 6) is 0.709. The van der Waals surface area contributed by atoms with Crippen molar-refractivity contribution in [3.05, 3.63) is 54.2 Å². The second-order valence-electron chi connectivity index (χ2n) is 4.79. The maximum absolute atomic E-state index is 10.3. The van der Waals surface area contributed by atoms with Gasteiger partial charge in [0.2, 0.25) is 5.88 Å². The number of benzene rings is 2. The molecule has 0 saturated heterocycles. The zero-order valence-corrected chi connectivity index (χ0v) is 11.7. The molecule has 21 heavy (non-hydrogen) atoms. The lowest BCUT2D eigenvalue weighted by molar-refractivity contribution is 0.403. The van der Waals surface area contributed by atoms with E-state index >= 15 is 0 Å². The lowest BCUT2D eigenvalue weighted by Gasteiger charge is -2.11.